The van der Waals surface area contributed by atoms with Gasteiger partial charge in [0, 0.05) is 24.4 Å². The molecule has 2 amide bonds. The molecule has 1 aromatic carbocycles. The Morgan fingerprint density at radius 1 is 1.08 bits per heavy atom. The number of carbonyl (C=O) groups is 2. The average Bonchev–Trinajstić information content (AvgIpc) is 3.42. The van der Waals surface area contributed by atoms with Crippen molar-refractivity contribution in [3.8, 4) is 0 Å². The maximum Gasteiger partial charge on any atom is 0.256 e. The minimum atomic E-state index is -0.760. The van der Waals surface area contributed by atoms with Gasteiger partial charge in [0.25, 0.3) is 5.91 Å². The monoisotopic (exact) mass is 353 g/mol. The Kier molecular flexibility index (Phi) is 6.21. The van der Waals surface area contributed by atoms with Gasteiger partial charge in [-0.05, 0) is 63.0 Å². The number of halogens is 1. The lowest BCUT2D eigenvalue weighted by molar-refractivity contribution is -0.140. The molecule has 1 heterocycles. The molecule has 0 aromatic heterocycles. The molecule has 0 radical (unpaired) electrons. The molecule has 0 bridgehead atoms. The summed E-state index contributed by atoms with van der Waals surface area (Å²) in [6.07, 6.45) is 3.28. The minimum absolute atomic E-state index is 0. The van der Waals surface area contributed by atoms with E-state index in [1.807, 2.05) is 0 Å². The van der Waals surface area contributed by atoms with Crippen LogP contribution >= 0.6 is 12.4 Å². The van der Waals surface area contributed by atoms with Crippen LogP contribution in [0.25, 0.3) is 0 Å². The summed E-state index contributed by atoms with van der Waals surface area (Å²) in [5, 5.41) is 9.03. The zero-order chi connectivity index (χ0) is 16.3. The summed E-state index contributed by atoms with van der Waals surface area (Å²) in [7, 11) is 1.58. The highest BCUT2D eigenvalue weighted by molar-refractivity contribution is 5.98. The molecule has 2 fully saturated rings. The number of methoxy groups -OCH3 is 1. The van der Waals surface area contributed by atoms with Crippen LogP contribution in [0, 0.1) is 5.92 Å². The number of benzene rings is 1. The molecule has 1 saturated heterocycles. The number of amides is 2. The number of anilines is 2. The first-order valence-corrected chi connectivity index (χ1v) is 8.11. The molecule has 1 aliphatic carbocycles. The van der Waals surface area contributed by atoms with E-state index >= 15 is 0 Å². The second kappa shape index (κ2) is 7.96. The number of nitrogens with one attached hydrogen (secondary N) is 3. The van der Waals surface area contributed by atoms with Gasteiger partial charge in [0.15, 0.2) is 0 Å². The van der Waals surface area contributed by atoms with Gasteiger partial charge in [-0.1, -0.05) is 0 Å². The van der Waals surface area contributed by atoms with Gasteiger partial charge in [0.1, 0.15) is 5.60 Å². The van der Waals surface area contributed by atoms with E-state index in [1.165, 1.54) is 0 Å². The summed E-state index contributed by atoms with van der Waals surface area (Å²) >= 11 is 0. The van der Waals surface area contributed by atoms with Crippen LogP contribution in [0.2, 0.25) is 0 Å². The minimum Gasteiger partial charge on any atom is -0.368 e. The summed E-state index contributed by atoms with van der Waals surface area (Å²) in [6.45, 7) is 1.54. The SMILES string of the molecule is COC1(C(=O)Nc2ccc(NC(=O)C3CC3)cc2)CCNCC1.Cl. The van der Waals surface area contributed by atoms with E-state index < -0.39 is 5.60 Å². The lowest BCUT2D eigenvalue weighted by Gasteiger charge is -2.34. The van der Waals surface area contributed by atoms with Gasteiger partial charge in [0.05, 0.1) is 0 Å². The second-order valence-corrected chi connectivity index (χ2v) is 6.24. The zero-order valence-electron chi connectivity index (χ0n) is 13.8. The summed E-state index contributed by atoms with van der Waals surface area (Å²) in [5.41, 5.74) is 0.696. The molecular formula is C17H24ClN3O3. The quantitative estimate of drug-likeness (QED) is 0.758. The summed E-state index contributed by atoms with van der Waals surface area (Å²) in [4.78, 5) is 24.3. The number of hydrogen-bond donors (Lipinski definition) is 3. The first-order valence-electron chi connectivity index (χ1n) is 8.11. The number of piperidine rings is 1. The first-order chi connectivity index (χ1) is 11.1. The molecule has 132 valence electrons. The van der Waals surface area contributed by atoms with Gasteiger partial charge in [0.2, 0.25) is 5.91 Å². The van der Waals surface area contributed by atoms with Crippen molar-refractivity contribution in [3.05, 3.63) is 24.3 Å². The molecule has 24 heavy (non-hydrogen) atoms. The number of ether oxygens (including phenoxy) is 1. The summed E-state index contributed by atoms with van der Waals surface area (Å²) in [5.74, 6) is 0.141. The highest BCUT2D eigenvalue weighted by atomic mass is 35.5. The van der Waals surface area contributed by atoms with Crippen molar-refractivity contribution >= 4 is 35.6 Å². The molecule has 3 rings (SSSR count). The smallest absolute Gasteiger partial charge is 0.256 e. The molecule has 0 atom stereocenters. The van der Waals surface area contributed by atoms with Crippen molar-refractivity contribution in [2.24, 2.45) is 5.92 Å². The van der Waals surface area contributed by atoms with Crippen molar-refractivity contribution in [1.29, 1.82) is 0 Å². The van der Waals surface area contributed by atoms with Gasteiger partial charge in [-0.15, -0.1) is 12.4 Å². The maximum absolute atomic E-state index is 12.5. The maximum atomic E-state index is 12.5. The van der Waals surface area contributed by atoms with Gasteiger partial charge < -0.3 is 20.7 Å². The van der Waals surface area contributed by atoms with Crippen molar-refractivity contribution in [3.63, 3.8) is 0 Å². The van der Waals surface area contributed by atoms with Gasteiger partial charge in [-0.25, -0.2) is 0 Å². The van der Waals surface area contributed by atoms with Crippen LogP contribution in [0.15, 0.2) is 24.3 Å². The van der Waals surface area contributed by atoms with Crippen LogP contribution in [0.1, 0.15) is 25.7 Å². The fraction of sp³-hybridized carbons (Fsp3) is 0.529. The third-order valence-corrected chi connectivity index (χ3v) is 4.57. The van der Waals surface area contributed by atoms with E-state index in [2.05, 4.69) is 16.0 Å². The van der Waals surface area contributed by atoms with Crippen molar-refractivity contribution in [2.45, 2.75) is 31.3 Å². The fourth-order valence-electron chi connectivity index (χ4n) is 2.83. The first kappa shape index (κ1) is 18.7. The lowest BCUT2D eigenvalue weighted by atomic mass is 9.91. The molecular weight excluding hydrogens is 330 g/mol. The Morgan fingerprint density at radius 3 is 2.12 bits per heavy atom. The van der Waals surface area contributed by atoms with E-state index in [1.54, 1.807) is 31.4 Å². The number of carbonyl (C=O) groups excluding carboxylic acids is 2. The highest BCUT2D eigenvalue weighted by Gasteiger charge is 2.39. The van der Waals surface area contributed by atoms with E-state index in [4.69, 9.17) is 4.74 Å². The van der Waals surface area contributed by atoms with Gasteiger partial charge >= 0.3 is 0 Å². The van der Waals surface area contributed by atoms with Crippen LogP contribution in [-0.4, -0.2) is 37.6 Å². The van der Waals surface area contributed by atoms with Crippen LogP contribution in [0.4, 0.5) is 11.4 Å². The topological polar surface area (TPSA) is 79.5 Å². The molecule has 6 nitrogen and oxygen atoms in total. The van der Waals surface area contributed by atoms with Crippen molar-refractivity contribution < 1.29 is 14.3 Å². The molecule has 1 aromatic rings. The van der Waals surface area contributed by atoms with E-state index in [0.29, 0.717) is 18.5 Å². The Hall–Kier alpha value is -1.63. The molecule has 1 aliphatic heterocycles. The van der Waals surface area contributed by atoms with Crippen LogP contribution in [0.3, 0.4) is 0 Å². The molecule has 7 heteroatoms. The summed E-state index contributed by atoms with van der Waals surface area (Å²) < 4.78 is 5.51. The van der Waals surface area contributed by atoms with Crippen LogP contribution in [-0.2, 0) is 14.3 Å². The molecule has 1 saturated carbocycles. The standard InChI is InChI=1S/C17H23N3O3.ClH/c1-23-17(8-10-18-11-9-17)16(22)20-14-6-4-13(5-7-14)19-15(21)12-2-3-12;/h4-7,12,18H,2-3,8-11H2,1H3,(H,19,21)(H,20,22);1H. The normalized spacial score (nSPS) is 19.0. The predicted molar refractivity (Wildman–Crippen MR) is 95.5 cm³/mol. The van der Waals surface area contributed by atoms with Crippen molar-refractivity contribution in [1.82, 2.24) is 5.32 Å². The third kappa shape index (κ3) is 4.26. The van der Waals surface area contributed by atoms with Gasteiger partial charge in [-0.3, -0.25) is 9.59 Å². The Labute approximate surface area is 148 Å². The Bertz CT molecular complexity index is 581. The molecule has 0 spiro atoms. The zero-order valence-corrected chi connectivity index (χ0v) is 14.6. The van der Waals surface area contributed by atoms with Crippen molar-refractivity contribution in [2.75, 3.05) is 30.8 Å². The number of rotatable bonds is 5. The molecule has 0 unspecified atom stereocenters. The molecule has 2 aliphatic rings. The molecule has 3 N–H and O–H groups in total. The van der Waals surface area contributed by atoms with Gasteiger partial charge in [-0.2, -0.15) is 0 Å². The van der Waals surface area contributed by atoms with E-state index in [9.17, 15) is 9.59 Å². The van der Waals surface area contributed by atoms with Crippen LogP contribution in [0.5, 0.6) is 0 Å². The lowest BCUT2D eigenvalue weighted by Crippen LogP contribution is -2.51. The Morgan fingerprint density at radius 2 is 1.62 bits per heavy atom. The summed E-state index contributed by atoms with van der Waals surface area (Å²) in [6, 6.07) is 7.20. The Balaban J connectivity index is 0.00000208. The van der Waals surface area contributed by atoms with Crippen LogP contribution < -0.4 is 16.0 Å². The van der Waals surface area contributed by atoms with E-state index in [-0.39, 0.29) is 30.1 Å². The third-order valence-electron chi connectivity index (χ3n) is 4.57. The second-order valence-electron chi connectivity index (χ2n) is 6.24. The number of hydrogen-bond acceptors (Lipinski definition) is 4. The largest absolute Gasteiger partial charge is 0.368 e. The van der Waals surface area contributed by atoms with E-state index in [0.717, 1.165) is 31.6 Å². The fourth-order valence-corrected chi connectivity index (χ4v) is 2.83. The predicted octanol–water partition coefficient (Wildman–Crippen LogP) is 2.16. The average molecular weight is 354 g/mol. The highest BCUT2D eigenvalue weighted by Crippen LogP contribution is 2.30.